The van der Waals surface area contributed by atoms with Crippen LogP contribution in [-0.4, -0.2) is 36.2 Å². The number of hydrogen-bond acceptors (Lipinski definition) is 5. The highest BCUT2D eigenvalue weighted by Crippen LogP contribution is 2.77. The van der Waals surface area contributed by atoms with Gasteiger partial charge in [0, 0.05) is 11.1 Å². The van der Waals surface area contributed by atoms with Crippen LogP contribution in [0, 0.1) is 62.1 Å². The maximum Gasteiger partial charge on any atom is 0.309 e. The predicted molar refractivity (Wildman–Crippen MR) is 197 cm³/mol. The second-order valence-corrected chi connectivity index (χ2v) is 19.2. The molecular weight excluding hydrogens is 626 g/mol. The third-order valence-electron chi connectivity index (χ3n) is 16.2. The van der Waals surface area contributed by atoms with Crippen molar-refractivity contribution in [3.05, 3.63) is 36.4 Å². The van der Waals surface area contributed by atoms with E-state index in [1.54, 1.807) is 21.0 Å². The molecule has 1 aromatic rings. The molecule has 0 spiro atoms. The quantitative estimate of drug-likeness (QED) is 0.208. The highest BCUT2D eigenvalue weighted by atomic mass is 16.5. The van der Waals surface area contributed by atoms with Crippen LogP contribution in [0.4, 0.5) is 5.69 Å². The number of methoxy groups -OCH3 is 1. The number of ether oxygens (including phenoxy) is 2. The van der Waals surface area contributed by atoms with Crippen LogP contribution in [-0.2, 0) is 19.1 Å². The Balaban J connectivity index is 1.26. The normalized spacial score (nSPS) is 40.3. The number of nitrogens with one attached hydrogen (secondary N) is 1. The molecule has 7 heteroatoms. The SMILES string of the molecule is C=C(C)[C@@H]1CC[C@]2(C(=O)Nc3ccc(OC)cc3)CC[C@]3(C)[C@H](CCC4C3(C)CCC3C(C)(C)C(OC(=O)CC(C)(C)C(=O)O)CC[C@@]34C)C12. The van der Waals surface area contributed by atoms with E-state index in [0.29, 0.717) is 23.7 Å². The van der Waals surface area contributed by atoms with Gasteiger partial charge in [0.05, 0.1) is 24.4 Å². The molecular formula is C43H63NO6. The Labute approximate surface area is 300 Å². The largest absolute Gasteiger partial charge is 0.497 e. The molecule has 0 aromatic heterocycles. The van der Waals surface area contributed by atoms with Crippen LogP contribution < -0.4 is 10.1 Å². The minimum Gasteiger partial charge on any atom is -0.497 e. The molecule has 1 aromatic carbocycles. The highest BCUT2D eigenvalue weighted by molar-refractivity contribution is 5.96. The van der Waals surface area contributed by atoms with Gasteiger partial charge in [-0.3, -0.25) is 14.4 Å². The summed E-state index contributed by atoms with van der Waals surface area (Å²) in [7, 11) is 1.66. The van der Waals surface area contributed by atoms with Crippen LogP contribution in [0.2, 0.25) is 0 Å². The third-order valence-corrected chi connectivity index (χ3v) is 16.2. The van der Waals surface area contributed by atoms with Gasteiger partial charge in [-0.25, -0.2) is 0 Å². The topological polar surface area (TPSA) is 102 Å². The number of rotatable bonds is 8. The molecule has 5 unspecified atom stereocenters. The fourth-order valence-electron chi connectivity index (χ4n) is 13.3. The van der Waals surface area contributed by atoms with Gasteiger partial charge in [-0.15, -0.1) is 0 Å². The maximum absolute atomic E-state index is 14.5. The molecule has 1 amide bonds. The molecule has 0 bridgehead atoms. The van der Waals surface area contributed by atoms with Crippen molar-refractivity contribution in [2.45, 2.75) is 132 Å². The van der Waals surface area contributed by atoms with E-state index in [1.165, 1.54) is 5.57 Å². The molecule has 6 rings (SSSR count). The number of fused-ring (bicyclic) bond motifs is 7. The smallest absolute Gasteiger partial charge is 0.309 e. The molecule has 10 atom stereocenters. The Morgan fingerprint density at radius 2 is 1.56 bits per heavy atom. The second-order valence-electron chi connectivity index (χ2n) is 19.2. The summed E-state index contributed by atoms with van der Waals surface area (Å²) >= 11 is 0. The average Bonchev–Trinajstić information content (AvgIpc) is 3.44. The maximum atomic E-state index is 14.5. The Morgan fingerprint density at radius 1 is 0.880 bits per heavy atom. The molecule has 0 radical (unpaired) electrons. The fourth-order valence-corrected chi connectivity index (χ4v) is 13.3. The van der Waals surface area contributed by atoms with Gasteiger partial charge in [-0.2, -0.15) is 0 Å². The van der Waals surface area contributed by atoms with Gasteiger partial charge in [-0.1, -0.05) is 46.8 Å². The molecule has 0 heterocycles. The van der Waals surface area contributed by atoms with Crippen molar-refractivity contribution in [3.8, 4) is 5.75 Å². The lowest BCUT2D eigenvalue weighted by molar-refractivity contribution is -0.249. The first-order valence-corrected chi connectivity index (χ1v) is 19.3. The van der Waals surface area contributed by atoms with E-state index in [-0.39, 0.29) is 46.0 Å². The number of benzene rings is 1. The van der Waals surface area contributed by atoms with Crippen molar-refractivity contribution in [2.24, 2.45) is 62.1 Å². The lowest BCUT2D eigenvalue weighted by atomic mass is 9.32. The number of carboxylic acid groups (broad SMARTS) is 1. The van der Waals surface area contributed by atoms with Gasteiger partial charge in [-0.05, 0) is 155 Å². The van der Waals surface area contributed by atoms with E-state index in [9.17, 15) is 19.5 Å². The Kier molecular flexibility index (Phi) is 9.16. The number of carbonyl (C=O) groups excluding carboxylic acids is 2. The Bertz CT molecular complexity index is 1530. The summed E-state index contributed by atoms with van der Waals surface area (Å²) in [5.41, 5.74) is 0.637. The zero-order chi connectivity index (χ0) is 36.7. The molecule has 5 fully saturated rings. The molecule has 50 heavy (non-hydrogen) atoms. The predicted octanol–water partition coefficient (Wildman–Crippen LogP) is 9.70. The van der Waals surface area contributed by atoms with Crippen LogP contribution in [0.15, 0.2) is 36.4 Å². The van der Waals surface area contributed by atoms with Crippen molar-refractivity contribution in [1.82, 2.24) is 0 Å². The standard InChI is InChI=1S/C43H63NO6/c1-26(2)29-17-22-43(36(46)44-27-11-13-28(49-10)14-12-27)24-23-41(8)30(35(29)43)15-16-32-40(7)20-19-33(50-34(45)25-38(3,4)37(47)48)39(5,6)31(40)18-21-42(32,41)9/h11-14,29-33,35H,1,15-25H2,2-10H3,(H,44,46)(H,47,48)/t29-,30+,31?,32?,33?,35?,40-,41+,42?,43-/m0/s1. The second kappa shape index (κ2) is 12.4. The number of anilines is 1. The molecule has 276 valence electrons. The molecule has 5 aliphatic rings. The van der Waals surface area contributed by atoms with Crippen molar-refractivity contribution in [2.75, 3.05) is 12.4 Å². The summed E-state index contributed by atoms with van der Waals surface area (Å²) in [6.07, 6.45) is 9.91. The number of amides is 1. The van der Waals surface area contributed by atoms with Gasteiger partial charge in [0.15, 0.2) is 0 Å². The highest BCUT2D eigenvalue weighted by Gasteiger charge is 2.72. The minimum absolute atomic E-state index is 0.104. The zero-order valence-corrected chi connectivity index (χ0v) is 32.2. The first-order chi connectivity index (χ1) is 23.3. The van der Waals surface area contributed by atoms with Crippen molar-refractivity contribution in [1.29, 1.82) is 0 Å². The number of allylic oxidation sites excluding steroid dienone is 1. The summed E-state index contributed by atoms with van der Waals surface area (Å²) in [5, 5.41) is 13.0. The molecule has 5 saturated carbocycles. The first-order valence-electron chi connectivity index (χ1n) is 19.3. The summed E-state index contributed by atoms with van der Waals surface area (Å²) in [6, 6.07) is 7.71. The van der Waals surface area contributed by atoms with Gasteiger partial charge >= 0.3 is 11.9 Å². The molecule has 0 aliphatic heterocycles. The first kappa shape index (κ1) is 36.9. The van der Waals surface area contributed by atoms with Crippen LogP contribution in [0.5, 0.6) is 5.75 Å². The van der Waals surface area contributed by atoms with Crippen LogP contribution in [0.1, 0.15) is 126 Å². The van der Waals surface area contributed by atoms with Crippen LogP contribution in [0.3, 0.4) is 0 Å². The summed E-state index contributed by atoms with van der Waals surface area (Å²) in [6.45, 7) is 22.2. The summed E-state index contributed by atoms with van der Waals surface area (Å²) in [4.78, 5) is 39.3. The van der Waals surface area contributed by atoms with E-state index in [2.05, 4.69) is 53.4 Å². The van der Waals surface area contributed by atoms with Crippen LogP contribution in [0.25, 0.3) is 0 Å². The van der Waals surface area contributed by atoms with Gasteiger partial charge in [0.25, 0.3) is 0 Å². The molecule has 7 nitrogen and oxygen atoms in total. The molecule has 5 aliphatic carbocycles. The van der Waals surface area contributed by atoms with Crippen molar-refractivity contribution >= 4 is 23.5 Å². The third kappa shape index (κ3) is 5.45. The number of carbonyl (C=O) groups is 3. The van der Waals surface area contributed by atoms with Gasteiger partial charge in [0.1, 0.15) is 11.9 Å². The molecule has 2 N–H and O–H groups in total. The number of aliphatic carboxylic acids is 1. The Hall–Kier alpha value is -2.83. The van der Waals surface area contributed by atoms with Gasteiger partial charge < -0.3 is 19.9 Å². The number of carboxylic acids is 1. The number of esters is 1. The van der Waals surface area contributed by atoms with Gasteiger partial charge in [0.2, 0.25) is 5.91 Å². The summed E-state index contributed by atoms with van der Waals surface area (Å²) < 4.78 is 11.5. The van der Waals surface area contributed by atoms with Crippen molar-refractivity contribution < 1.29 is 29.0 Å². The Morgan fingerprint density at radius 3 is 2.18 bits per heavy atom. The monoisotopic (exact) mass is 689 g/mol. The molecule has 0 saturated heterocycles. The van der Waals surface area contributed by atoms with E-state index in [1.807, 2.05) is 24.3 Å². The van der Waals surface area contributed by atoms with E-state index >= 15 is 0 Å². The lowest BCUT2D eigenvalue weighted by Gasteiger charge is -2.72. The zero-order valence-electron chi connectivity index (χ0n) is 32.2. The average molecular weight is 690 g/mol. The van der Waals surface area contributed by atoms with Crippen molar-refractivity contribution in [3.63, 3.8) is 0 Å². The summed E-state index contributed by atoms with van der Waals surface area (Å²) in [5.74, 6) is 1.60. The van der Waals surface area contributed by atoms with E-state index < -0.39 is 22.8 Å². The lowest BCUT2D eigenvalue weighted by Crippen LogP contribution is -2.67. The minimum atomic E-state index is -1.15. The van der Waals surface area contributed by atoms with E-state index in [0.717, 1.165) is 75.6 Å². The van der Waals surface area contributed by atoms with Crippen LogP contribution >= 0.6 is 0 Å². The fraction of sp³-hybridized carbons (Fsp3) is 0.744. The van der Waals surface area contributed by atoms with E-state index in [4.69, 9.17) is 9.47 Å². The number of hydrogen-bond donors (Lipinski definition) is 2.